The SMILES string of the molecule is CCOC(=O)c1c(C)cc2c(/C=N/O)n[nH]c(=O)c2c1C. The zero-order chi connectivity index (χ0) is 15.6. The van der Waals surface area contributed by atoms with E-state index < -0.39 is 11.5 Å². The van der Waals surface area contributed by atoms with Crippen LogP contribution in [0.15, 0.2) is 16.0 Å². The van der Waals surface area contributed by atoms with E-state index in [0.717, 1.165) is 6.21 Å². The molecule has 0 atom stereocenters. The molecular formula is C14H15N3O4. The molecule has 1 aromatic carbocycles. The number of ether oxygens (including phenoxy) is 1. The Kier molecular flexibility index (Phi) is 4.02. The molecular weight excluding hydrogens is 274 g/mol. The second-order valence-electron chi connectivity index (χ2n) is 4.52. The highest BCUT2D eigenvalue weighted by atomic mass is 16.5. The van der Waals surface area contributed by atoms with Crippen molar-refractivity contribution in [3.8, 4) is 0 Å². The summed E-state index contributed by atoms with van der Waals surface area (Å²) in [4.78, 5) is 24.1. The fourth-order valence-electron chi connectivity index (χ4n) is 2.38. The molecule has 7 heteroatoms. The van der Waals surface area contributed by atoms with E-state index in [0.29, 0.717) is 33.2 Å². The molecule has 1 aromatic heterocycles. The first-order valence-electron chi connectivity index (χ1n) is 6.38. The van der Waals surface area contributed by atoms with Crippen LogP contribution >= 0.6 is 0 Å². The van der Waals surface area contributed by atoms with Gasteiger partial charge in [-0.1, -0.05) is 5.16 Å². The van der Waals surface area contributed by atoms with Crippen LogP contribution in [0.25, 0.3) is 10.8 Å². The van der Waals surface area contributed by atoms with Crippen molar-refractivity contribution in [2.75, 3.05) is 6.61 Å². The fourth-order valence-corrected chi connectivity index (χ4v) is 2.38. The molecule has 2 N–H and O–H groups in total. The number of hydrogen-bond acceptors (Lipinski definition) is 6. The van der Waals surface area contributed by atoms with Crippen LogP contribution in [0.5, 0.6) is 0 Å². The van der Waals surface area contributed by atoms with E-state index in [4.69, 9.17) is 9.94 Å². The number of oxime groups is 1. The van der Waals surface area contributed by atoms with Crippen LogP contribution < -0.4 is 5.56 Å². The van der Waals surface area contributed by atoms with Crippen LogP contribution in [0, 0.1) is 13.8 Å². The van der Waals surface area contributed by atoms with E-state index in [2.05, 4.69) is 15.4 Å². The number of carbonyl (C=O) groups excluding carboxylic acids is 1. The van der Waals surface area contributed by atoms with E-state index in [1.807, 2.05) is 0 Å². The summed E-state index contributed by atoms with van der Waals surface area (Å²) in [5, 5.41) is 18.6. The van der Waals surface area contributed by atoms with Crippen LogP contribution in [0.4, 0.5) is 0 Å². The van der Waals surface area contributed by atoms with Crippen molar-refractivity contribution in [2.24, 2.45) is 5.16 Å². The second-order valence-corrected chi connectivity index (χ2v) is 4.52. The van der Waals surface area contributed by atoms with E-state index in [9.17, 15) is 9.59 Å². The highest BCUT2D eigenvalue weighted by Gasteiger charge is 2.19. The Morgan fingerprint density at radius 3 is 2.86 bits per heavy atom. The lowest BCUT2D eigenvalue weighted by molar-refractivity contribution is 0.0525. The molecule has 7 nitrogen and oxygen atoms in total. The summed E-state index contributed by atoms with van der Waals surface area (Å²) in [6, 6.07) is 1.66. The zero-order valence-electron chi connectivity index (χ0n) is 11.9. The molecule has 0 unspecified atom stereocenters. The number of aryl methyl sites for hydroxylation is 2. The summed E-state index contributed by atoms with van der Waals surface area (Å²) in [7, 11) is 0. The Morgan fingerprint density at radius 1 is 1.52 bits per heavy atom. The molecule has 0 bridgehead atoms. The molecule has 0 aliphatic rings. The molecule has 0 aliphatic carbocycles. The molecule has 110 valence electrons. The standard InChI is InChI=1S/C14H15N3O4/c1-4-21-14(19)11-7(2)5-9-10(6-15-20)16-17-13(18)12(9)8(11)3/h5-6,20H,4H2,1-3H3,(H,17,18)/b15-6+. The van der Waals surface area contributed by atoms with E-state index in [1.165, 1.54) is 0 Å². The van der Waals surface area contributed by atoms with Gasteiger partial charge >= 0.3 is 5.97 Å². The molecule has 1 heterocycles. The number of hydrogen-bond donors (Lipinski definition) is 2. The average Bonchev–Trinajstić information content (AvgIpc) is 2.42. The maximum atomic E-state index is 12.0. The molecule has 0 aliphatic heterocycles. The lowest BCUT2D eigenvalue weighted by atomic mass is 9.96. The van der Waals surface area contributed by atoms with Crippen molar-refractivity contribution in [1.82, 2.24) is 10.2 Å². The van der Waals surface area contributed by atoms with Crippen molar-refractivity contribution >= 4 is 23.0 Å². The lowest BCUT2D eigenvalue weighted by Crippen LogP contribution is -2.16. The van der Waals surface area contributed by atoms with E-state index in [-0.39, 0.29) is 6.61 Å². The van der Waals surface area contributed by atoms with Gasteiger partial charge in [0.1, 0.15) is 5.69 Å². The first-order valence-corrected chi connectivity index (χ1v) is 6.38. The van der Waals surface area contributed by atoms with Gasteiger partial charge in [0.2, 0.25) is 0 Å². The minimum Gasteiger partial charge on any atom is -0.462 e. The summed E-state index contributed by atoms with van der Waals surface area (Å²) in [6.07, 6.45) is 1.13. The van der Waals surface area contributed by atoms with Gasteiger partial charge < -0.3 is 9.94 Å². The molecule has 0 radical (unpaired) electrons. The summed E-state index contributed by atoms with van der Waals surface area (Å²) >= 11 is 0. The van der Waals surface area contributed by atoms with Crippen molar-refractivity contribution in [3.05, 3.63) is 38.8 Å². The quantitative estimate of drug-likeness (QED) is 0.386. The van der Waals surface area contributed by atoms with Crippen LogP contribution in [-0.2, 0) is 4.74 Å². The molecule has 0 amide bonds. The van der Waals surface area contributed by atoms with Gasteiger partial charge in [0.25, 0.3) is 5.56 Å². The van der Waals surface area contributed by atoms with Crippen LogP contribution in [-0.4, -0.2) is 34.2 Å². The number of aromatic nitrogens is 2. The van der Waals surface area contributed by atoms with Gasteiger partial charge in [-0.25, -0.2) is 9.89 Å². The van der Waals surface area contributed by atoms with Crippen molar-refractivity contribution in [3.63, 3.8) is 0 Å². The third-order valence-corrected chi connectivity index (χ3v) is 3.22. The number of H-pyrrole nitrogens is 1. The second kappa shape index (κ2) is 5.74. The topological polar surface area (TPSA) is 105 Å². The Hall–Kier alpha value is -2.70. The maximum Gasteiger partial charge on any atom is 0.338 e. The summed E-state index contributed by atoms with van der Waals surface area (Å²) < 4.78 is 5.02. The minimum absolute atomic E-state index is 0.255. The van der Waals surface area contributed by atoms with Gasteiger partial charge in [-0.2, -0.15) is 5.10 Å². The monoisotopic (exact) mass is 289 g/mol. The third kappa shape index (κ3) is 2.49. The third-order valence-electron chi connectivity index (χ3n) is 3.22. The molecule has 21 heavy (non-hydrogen) atoms. The normalized spacial score (nSPS) is 11.2. The lowest BCUT2D eigenvalue weighted by Gasteiger charge is -2.12. The molecule has 0 saturated carbocycles. The average molecular weight is 289 g/mol. The van der Waals surface area contributed by atoms with Gasteiger partial charge in [0.05, 0.1) is 23.8 Å². The van der Waals surface area contributed by atoms with Gasteiger partial charge in [-0.15, -0.1) is 0 Å². The predicted molar refractivity (Wildman–Crippen MR) is 77.2 cm³/mol. The van der Waals surface area contributed by atoms with Gasteiger partial charge in [0.15, 0.2) is 0 Å². The largest absolute Gasteiger partial charge is 0.462 e. The number of fused-ring (bicyclic) bond motifs is 1. The van der Waals surface area contributed by atoms with Gasteiger partial charge in [0, 0.05) is 5.39 Å². The zero-order valence-corrected chi connectivity index (χ0v) is 11.9. The predicted octanol–water partition coefficient (Wildman–Crippen LogP) is 1.52. The van der Waals surface area contributed by atoms with Gasteiger partial charge in [-0.05, 0) is 38.0 Å². The Balaban J connectivity index is 2.87. The van der Waals surface area contributed by atoms with Crippen LogP contribution in [0.3, 0.4) is 0 Å². The van der Waals surface area contributed by atoms with Crippen molar-refractivity contribution in [1.29, 1.82) is 0 Å². The molecule has 0 saturated heterocycles. The first-order chi connectivity index (χ1) is 10.0. The smallest absolute Gasteiger partial charge is 0.338 e. The minimum atomic E-state index is -0.469. The highest BCUT2D eigenvalue weighted by Crippen LogP contribution is 2.24. The number of esters is 1. The summed E-state index contributed by atoms with van der Waals surface area (Å²) in [5.41, 5.74) is 1.45. The molecule has 2 aromatic rings. The van der Waals surface area contributed by atoms with Gasteiger partial charge in [-0.3, -0.25) is 4.79 Å². The maximum absolute atomic E-state index is 12.0. The molecule has 0 fully saturated rings. The highest BCUT2D eigenvalue weighted by molar-refractivity contribution is 6.04. The first kappa shape index (κ1) is 14.7. The van der Waals surface area contributed by atoms with Crippen LogP contribution in [0.1, 0.15) is 34.1 Å². The van der Waals surface area contributed by atoms with E-state index >= 15 is 0 Å². The Morgan fingerprint density at radius 2 is 2.24 bits per heavy atom. The number of benzene rings is 1. The number of nitrogens with one attached hydrogen (secondary N) is 1. The summed E-state index contributed by atoms with van der Waals surface area (Å²) in [6.45, 7) is 5.40. The van der Waals surface area contributed by atoms with Crippen LogP contribution in [0.2, 0.25) is 0 Å². The fraction of sp³-hybridized carbons (Fsp3) is 0.286. The Labute approximate surface area is 120 Å². The summed E-state index contributed by atoms with van der Waals surface area (Å²) in [5.74, 6) is -0.469. The Bertz CT molecular complexity index is 793. The number of nitrogens with zero attached hydrogens (tertiary/aromatic N) is 2. The van der Waals surface area contributed by atoms with Crippen molar-refractivity contribution in [2.45, 2.75) is 20.8 Å². The molecule has 2 rings (SSSR count). The number of carbonyl (C=O) groups is 1. The number of rotatable bonds is 3. The van der Waals surface area contributed by atoms with Crippen molar-refractivity contribution < 1.29 is 14.7 Å². The number of aromatic amines is 1. The van der Waals surface area contributed by atoms with E-state index in [1.54, 1.807) is 26.8 Å². The molecule has 0 spiro atoms.